The van der Waals surface area contributed by atoms with Crippen molar-refractivity contribution in [2.45, 2.75) is 31.7 Å². The number of carbonyl (C=O) groups is 1. The highest BCUT2D eigenvalue weighted by Crippen LogP contribution is 2.45. The SMILES string of the molecule is CCSc1nnc2c(n1)O[C@@H](c1ccc(Br)s1)N(C(=O)CC)c1ccccc1-2. The summed E-state index contributed by atoms with van der Waals surface area (Å²) in [4.78, 5) is 20.2. The summed E-state index contributed by atoms with van der Waals surface area (Å²) >= 11 is 6.53. The number of para-hydroxylation sites is 1. The minimum absolute atomic E-state index is 0.0362. The Hall–Kier alpha value is -1.97. The zero-order chi connectivity index (χ0) is 19.7. The summed E-state index contributed by atoms with van der Waals surface area (Å²) < 4.78 is 7.30. The van der Waals surface area contributed by atoms with Crippen LogP contribution in [0, 0.1) is 0 Å². The molecule has 3 aromatic rings. The molecule has 0 radical (unpaired) electrons. The molecular formula is C19H17BrN4O2S2. The molecule has 0 aliphatic carbocycles. The molecule has 1 atom stereocenters. The minimum atomic E-state index is -0.623. The lowest BCUT2D eigenvalue weighted by atomic mass is 10.1. The summed E-state index contributed by atoms with van der Waals surface area (Å²) in [6.45, 7) is 3.88. The van der Waals surface area contributed by atoms with Crippen LogP contribution in [0.1, 0.15) is 31.4 Å². The van der Waals surface area contributed by atoms with Crippen LogP contribution in [0.2, 0.25) is 0 Å². The van der Waals surface area contributed by atoms with Crippen LogP contribution in [0.25, 0.3) is 11.3 Å². The van der Waals surface area contributed by atoms with Crippen molar-refractivity contribution in [1.82, 2.24) is 15.2 Å². The average molecular weight is 477 g/mol. The number of carbonyl (C=O) groups excluding carboxylic acids is 1. The summed E-state index contributed by atoms with van der Waals surface area (Å²) in [7, 11) is 0. The first-order chi connectivity index (χ1) is 13.6. The number of rotatable bonds is 4. The Morgan fingerprint density at radius 3 is 2.79 bits per heavy atom. The van der Waals surface area contributed by atoms with Gasteiger partial charge in [0, 0.05) is 12.0 Å². The van der Waals surface area contributed by atoms with Gasteiger partial charge in [-0.3, -0.25) is 9.69 Å². The Bertz CT molecular complexity index is 1030. The molecule has 1 aromatic carbocycles. The van der Waals surface area contributed by atoms with Crippen LogP contribution in [0.5, 0.6) is 5.88 Å². The smallest absolute Gasteiger partial charge is 0.247 e. The van der Waals surface area contributed by atoms with Gasteiger partial charge < -0.3 is 4.74 Å². The van der Waals surface area contributed by atoms with Crippen molar-refractivity contribution in [2.24, 2.45) is 0 Å². The van der Waals surface area contributed by atoms with E-state index in [0.717, 1.165) is 25.7 Å². The van der Waals surface area contributed by atoms with Gasteiger partial charge in [-0.05, 0) is 39.9 Å². The number of thiophene rings is 1. The fourth-order valence-electron chi connectivity index (χ4n) is 2.99. The maximum Gasteiger partial charge on any atom is 0.247 e. The Kier molecular flexibility index (Phi) is 5.65. The third-order valence-electron chi connectivity index (χ3n) is 4.19. The van der Waals surface area contributed by atoms with Gasteiger partial charge in [0.25, 0.3) is 0 Å². The first kappa shape index (κ1) is 19.4. The molecule has 1 amide bonds. The number of ether oxygens (including phenoxy) is 1. The molecule has 0 unspecified atom stereocenters. The van der Waals surface area contributed by atoms with E-state index in [0.29, 0.717) is 23.2 Å². The van der Waals surface area contributed by atoms with E-state index >= 15 is 0 Å². The lowest BCUT2D eigenvalue weighted by Crippen LogP contribution is -2.36. The Balaban J connectivity index is 1.94. The van der Waals surface area contributed by atoms with E-state index in [9.17, 15) is 4.79 Å². The number of fused-ring (bicyclic) bond motifs is 3. The fraction of sp³-hybridized carbons (Fsp3) is 0.263. The second-order valence-corrected chi connectivity index (χ2v) is 9.65. The maximum atomic E-state index is 13.0. The molecule has 144 valence electrons. The standard InChI is InChI=1S/C19H17BrN4O2S2/c1-3-15(25)24-12-8-6-5-7-11(12)16-17(21-19(23-22-16)27-4-2)26-18(24)13-9-10-14(20)28-13/h5-10,18H,3-4H2,1-2H3/t18-/m0/s1. The zero-order valence-corrected chi connectivity index (χ0v) is 18.5. The topological polar surface area (TPSA) is 68.2 Å². The van der Waals surface area contributed by atoms with Crippen molar-refractivity contribution in [3.05, 3.63) is 45.1 Å². The molecule has 1 aliphatic heterocycles. The van der Waals surface area contributed by atoms with Crippen molar-refractivity contribution in [3.63, 3.8) is 0 Å². The maximum absolute atomic E-state index is 13.0. The Labute approximate surface area is 179 Å². The third kappa shape index (κ3) is 3.54. The van der Waals surface area contributed by atoms with Gasteiger partial charge >= 0.3 is 0 Å². The van der Waals surface area contributed by atoms with Gasteiger partial charge in [0.1, 0.15) is 0 Å². The van der Waals surface area contributed by atoms with E-state index in [2.05, 4.69) is 31.1 Å². The van der Waals surface area contributed by atoms with Crippen molar-refractivity contribution in [1.29, 1.82) is 0 Å². The molecule has 0 saturated heterocycles. The Morgan fingerprint density at radius 1 is 1.25 bits per heavy atom. The second-order valence-electron chi connectivity index (χ2n) is 5.93. The molecule has 3 heterocycles. The predicted octanol–water partition coefficient (Wildman–Crippen LogP) is 5.31. The van der Waals surface area contributed by atoms with Crippen LogP contribution < -0.4 is 9.64 Å². The Morgan fingerprint density at radius 2 is 2.07 bits per heavy atom. The number of aromatic nitrogens is 3. The molecule has 0 saturated carbocycles. The van der Waals surface area contributed by atoms with Crippen molar-refractivity contribution < 1.29 is 9.53 Å². The molecule has 28 heavy (non-hydrogen) atoms. The lowest BCUT2D eigenvalue weighted by molar-refractivity contribution is -0.120. The number of amides is 1. The van der Waals surface area contributed by atoms with E-state index in [1.807, 2.05) is 50.2 Å². The first-order valence-electron chi connectivity index (χ1n) is 8.83. The number of benzene rings is 1. The normalized spacial score (nSPS) is 15.4. The van der Waals surface area contributed by atoms with Crippen LogP contribution in [0.15, 0.2) is 45.3 Å². The number of hydrogen-bond donors (Lipinski definition) is 0. The quantitative estimate of drug-likeness (QED) is 0.475. The van der Waals surface area contributed by atoms with E-state index < -0.39 is 6.23 Å². The van der Waals surface area contributed by atoms with Crippen LogP contribution in [-0.4, -0.2) is 26.8 Å². The van der Waals surface area contributed by atoms with Crippen LogP contribution in [0.3, 0.4) is 0 Å². The molecule has 1 aliphatic rings. The van der Waals surface area contributed by atoms with E-state index in [4.69, 9.17) is 4.74 Å². The van der Waals surface area contributed by atoms with Crippen molar-refractivity contribution in [3.8, 4) is 17.1 Å². The molecule has 0 fully saturated rings. The van der Waals surface area contributed by atoms with Crippen LogP contribution >= 0.6 is 39.0 Å². The van der Waals surface area contributed by atoms with Gasteiger partial charge in [0.05, 0.1) is 14.4 Å². The molecule has 4 rings (SSSR count). The molecule has 2 aromatic heterocycles. The number of halogens is 1. The van der Waals surface area contributed by atoms with E-state index in [1.54, 1.807) is 4.90 Å². The molecule has 0 spiro atoms. The summed E-state index contributed by atoms with van der Waals surface area (Å²) in [6.07, 6.45) is -0.269. The van der Waals surface area contributed by atoms with E-state index in [1.165, 1.54) is 23.1 Å². The summed E-state index contributed by atoms with van der Waals surface area (Å²) in [5, 5.41) is 9.17. The molecule has 0 N–H and O–H groups in total. The minimum Gasteiger partial charge on any atom is -0.446 e. The molecule has 9 heteroatoms. The van der Waals surface area contributed by atoms with Crippen LogP contribution in [-0.2, 0) is 4.79 Å². The number of thioether (sulfide) groups is 1. The zero-order valence-electron chi connectivity index (χ0n) is 15.3. The third-order valence-corrected chi connectivity index (χ3v) is 6.57. The van der Waals surface area contributed by atoms with Gasteiger partial charge in [-0.25, -0.2) is 0 Å². The van der Waals surface area contributed by atoms with Crippen LogP contribution in [0.4, 0.5) is 5.69 Å². The first-order valence-corrected chi connectivity index (χ1v) is 11.4. The van der Waals surface area contributed by atoms with Crippen molar-refractivity contribution >= 4 is 50.6 Å². The van der Waals surface area contributed by atoms with Gasteiger partial charge in [0.15, 0.2) is 5.69 Å². The molecular weight excluding hydrogens is 460 g/mol. The van der Waals surface area contributed by atoms with Gasteiger partial charge in [-0.1, -0.05) is 43.8 Å². The second kappa shape index (κ2) is 8.18. The largest absolute Gasteiger partial charge is 0.446 e. The molecule has 0 bridgehead atoms. The predicted molar refractivity (Wildman–Crippen MR) is 115 cm³/mol. The molecule has 6 nitrogen and oxygen atoms in total. The van der Waals surface area contributed by atoms with Crippen molar-refractivity contribution in [2.75, 3.05) is 10.7 Å². The monoisotopic (exact) mass is 476 g/mol. The van der Waals surface area contributed by atoms with Gasteiger partial charge in [-0.15, -0.1) is 21.5 Å². The highest BCUT2D eigenvalue weighted by atomic mass is 79.9. The number of nitrogens with zero attached hydrogens (tertiary/aromatic N) is 4. The summed E-state index contributed by atoms with van der Waals surface area (Å²) in [5.41, 5.74) is 2.07. The highest BCUT2D eigenvalue weighted by molar-refractivity contribution is 9.11. The fourth-order valence-corrected chi connectivity index (χ4v) is 4.94. The lowest BCUT2D eigenvalue weighted by Gasteiger charge is -2.29. The number of hydrogen-bond acceptors (Lipinski definition) is 7. The van der Waals surface area contributed by atoms with Gasteiger partial charge in [-0.2, -0.15) is 4.98 Å². The van der Waals surface area contributed by atoms with Gasteiger partial charge in [0.2, 0.25) is 23.2 Å². The van der Waals surface area contributed by atoms with E-state index in [-0.39, 0.29) is 5.91 Å². The highest BCUT2D eigenvalue weighted by Gasteiger charge is 2.36. The summed E-state index contributed by atoms with van der Waals surface area (Å²) in [6, 6.07) is 11.6. The summed E-state index contributed by atoms with van der Waals surface area (Å²) in [5.74, 6) is 1.18. The number of anilines is 1. The average Bonchev–Trinajstić information content (AvgIpc) is 3.08.